The topological polar surface area (TPSA) is 46.5 Å². The van der Waals surface area contributed by atoms with Crippen molar-refractivity contribution in [2.24, 2.45) is 0 Å². The van der Waals surface area contributed by atoms with E-state index < -0.39 is 17.2 Å². The lowest BCUT2D eigenvalue weighted by Gasteiger charge is -2.27. The van der Waals surface area contributed by atoms with Crippen LogP contribution in [0.4, 0.5) is 4.39 Å². The predicted molar refractivity (Wildman–Crippen MR) is 65.5 cm³/mol. The van der Waals surface area contributed by atoms with Crippen molar-refractivity contribution < 1.29 is 19.0 Å². The summed E-state index contributed by atoms with van der Waals surface area (Å²) in [6, 6.07) is 3.26. The maximum atomic E-state index is 14.4. The summed E-state index contributed by atoms with van der Waals surface area (Å²) in [6.45, 7) is 1.64. The fourth-order valence-electron chi connectivity index (χ4n) is 2.83. The molecule has 1 saturated carbocycles. The minimum absolute atomic E-state index is 0.218. The van der Waals surface area contributed by atoms with Crippen LogP contribution in [0, 0.1) is 12.7 Å². The van der Waals surface area contributed by atoms with Gasteiger partial charge < -0.3 is 9.84 Å². The Bertz CT molecular complexity index is 476. The zero-order valence-corrected chi connectivity index (χ0v) is 10.6. The van der Waals surface area contributed by atoms with Crippen molar-refractivity contribution in [3.8, 4) is 5.75 Å². The van der Waals surface area contributed by atoms with Crippen molar-refractivity contribution in [2.45, 2.75) is 38.0 Å². The molecule has 1 aliphatic carbocycles. The molecule has 1 aromatic rings. The van der Waals surface area contributed by atoms with E-state index in [0.29, 0.717) is 24.2 Å². The fourth-order valence-corrected chi connectivity index (χ4v) is 2.83. The number of benzene rings is 1. The summed E-state index contributed by atoms with van der Waals surface area (Å²) in [4.78, 5) is 11.6. The minimum Gasteiger partial charge on any atom is -0.496 e. The van der Waals surface area contributed by atoms with E-state index in [0.717, 1.165) is 12.8 Å². The molecule has 1 fully saturated rings. The van der Waals surface area contributed by atoms with Gasteiger partial charge in [0, 0.05) is 5.56 Å². The first-order valence-corrected chi connectivity index (χ1v) is 6.10. The van der Waals surface area contributed by atoms with Gasteiger partial charge in [0.05, 0.1) is 12.5 Å². The predicted octanol–water partition coefficient (Wildman–Crippen LogP) is 3.04. The van der Waals surface area contributed by atoms with Gasteiger partial charge in [-0.15, -0.1) is 0 Å². The SMILES string of the molecule is COc1ccc(C)c(F)c1C1(C(=O)O)CCCC1. The highest BCUT2D eigenvalue weighted by atomic mass is 19.1. The second-order valence-electron chi connectivity index (χ2n) is 4.87. The van der Waals surface area contributed by atoms with Crippen LogP contribution in [0.3, 0.4) is 0 Å². The Morgan fingerprint density at radius 2 is 2.00 bits per heavy atom. The van der Waals surface area contributed by atoms with Crippen LogP contribution in [-0.2, 0) is 10.2 Å². The van der Waals surface area contributed by atoms with E-state index >= 15 is 0 Å². The molecule has 1 aliphatic rings. The summed E-state index contributed by atoms with van der Waals surface area (Å²) in [5, 5.41) is 9.53. The molecule has 0 radical (unpaired) electrons. The third kappa shape index (κ3) is 1.76. The highest BCUT2D eigenvalue weighted by Gasteiger charge is 2.46. The molecule has 0 atom stereocenters. The lowest BCUT2D eigenvalue weighted by atomic mass is 9.77. The number of rotatable bonds is 3. The summed E-state index contributed by atoms with van der Waals surface area (Å²) >= 11 is 0. The molecule has 0 aromatic heterocycles. The minimum atomic E-state index is -1.12. The number of methoxy groups -OCH3 is 1. The van der Waals surface area contributed by atoms with Gasteiger partial charge in [0.25, 0.3) is 0 Å². The van der Waals surface area contributed by atoms with E-state index in [9.17, 15) is 14.3 Å². The van der Waals surface area contributed by atoms with Crippen molar-refractivity contribution in [2.75, 3.05) is 7.11 Å². The Hall–Kier alpha value is -1.58. The first-order valence-electron chi connectivity index (χ1n) is 6.10. The second kappa shape index (κ2) is 4.59. The Labute approximate surface area is 106 Å². The third-order valence-electron chi connectivity index (χ3n) is 3.86. The molecule has 0 amide bonds. The second-order valence-corrected chi connectivity index (χ2v) is 4.87. The van der Waals surface area contributed by atoms with E-state index in [1.807, 2.05) is 0 Å². The Kier molecular flexibility index (Phi) is 3.28. The van der Waals surface area contributed by atoms with Gasteiger partial charge in [-0.2, -0.15) is 0 Å². The van der Waals surface area contributed by atoms with Gasteiger partial charge in [-0.3, -0.25) is 4.79 Å². The van der Waals surface area contributed by atoms with Gasteiger partial charge >= 0.3 is 5.97 Å². The molecular weight excluding hydrogens is 235 g/mol. The lowest BCUT2D eigenvalue weighted by molar-refractivity contribution is -0.143. The average Bonchev–Trinajstić information content (AvgIpc) is 2.82. The van der Waals surface area contributed by atoms with Crippen molar-refractivity contribution >= 4 is 5.97 Å². The molecule has 98 valence electrons. The molecule has 0 unspecified atom stereocenters. The van der Waals surface area contributed by atoms with Gasteiger partial charge in [-0.1, -0.05) is 18.9 Å². The number of hydrogen-bond acceptors (Lipinski definition) is 2. The quantitative estimate of drug-likeness (QED) is 0.899. The molecule has 0 bridgehead atoms. The van der Waals surface area contributed by atoms with Crippen molar-refractivity contribution in [1.82, 2.24) is 0 Å². The van der Waals surface area contributed by atoms with Crippen molar-refractivity contribution in [3.63, 3.8) is 0 Å². The zero-order chi connectivity index (χ0) is 13.3. The van der Waals surface area contributed by atoms with E-state index in [2.05, 4.69) is 0 Å². The molecule has 0 aliphatic heterocycles. The lowest BCUT2D eigenvalue weighted by Crippen LogP contribution is -2.34. The molecular formula is C14H17FO3. The van der Waals surface area contributed by atoms with Crippen LogP contribution in [0.25, 0.3) is 0 Å². The number of halogens is 1. The first kappa shape index (κ1) is 12.9. The smallest absolute Gasteiger partial charge is 0.314 e. The molecule has 2 rings (SSSR count). The van der Waals surface area contributed by atoms with Gasteiger partial charge in [0.2, 0.25) is 0 Å². The van der Waals surface area contributed by atoms with Gasteiger partial charge in [0.1, 0.15) is 11.6 Å². The molecule has 18 heavy (non-hydrogen) atoms. The van der Waals surface area contributed by atoms with Crippen LogP contribution in [0.2, 0.25) is 0 Å². The summed E-state index contributed by atoms with van der Waals surface area (Å²) < 4.78 is 19.5. The largest absolute Gasteiger partial charge is 0.496 e. The Morgan fingerprint density at radius 1 is 1.39 bits per heavy atom. The molecule has 3 nitrogen and oxygen atoms in total. The average molecular weight is 252 g/mol. The van der Waals surface area contributed by atoms with Crippen LogP contribution in [0.1, 0.15) is 36.8 Å². The van der Waals surface area contributed by atoms with E-state index in [-0.39, 0.29) is 5.56 Å². The molecule has 1 N–H and O–H groups in total. The van der Waals surface area contributed by atoms with Gasteiger partial charge in [-0.05, 0) is 31.4 Å². The Morgan fingerprint density at radius 3 is 2.50 bits per heavy atom. The third-order valence-corrected chi connectivity index (χ3v) is 3.86. The number of aryl methyl sites for hydroxylation is 1. The monoisotopic (exact) mass is 252 g/mol. The number of carboxylic acid groups (broad SMARTS) is 1. The summed E-state index contributed by atoms with van der Waals surface area (Å²) in [5.41, 5.74) is -0.449. The number of carboxylic acids is 1. The van der Waals surface area contributed by atoms with E-state index in [4.69, 9.17) is 4.74 Å². The van der Waals surface area contributed by atoms with E-state index in [1.165, 1.54) is 7.11 Å². The molecule has 1 aromatic carbocycles. The van der Waals surface area contributed by atoms with Crippen LogP contribution < -0.4 is 4.74 Å². The molecule has 4 heteroatoms. The molecule has 0 saturated heterocycles. The standard InChI is InChI=1S/C14H17FO3/c1-9-5-6-10(18-2)11(12(9)15)14(13(16)17)7-3-4-8-14/h5-6H,3-4,7-8H2,1-2H3,(H,16,17). The highest BCUT2D eigenvalue weighted by Crippen LogP contribution is 2.46. The van der Waals surface area contributed by atoms with Gasteiger partial charge in [0.15, 0.2) is 0 Å². The van der Waals surface area contributed by atoms with Crippen molar-refractivity contribution in [1.29, 1.82) is 0 Å². The molecule has 0 heterocycles. The normalized spacial score (nSPS) is 17.7. The first-order chi connectivity index (χ1) is 8.53. The van der Waals surface area contributed by atoms with Crippen molar-refractivity contribution in [3.05, 3.63) is 29.1 Å². The summed E-state index contributed by atoms with van der Waals surface area (Å²) in [6.07, 6.45) is 2.56. The maximum Gasteiger partial charge on any atom is 0.314 e. The highest BCUT2D eigenvalue weighted by molar-refractivity contribution is 5.83. The Balaban J connectivity index is 2.67. The number of ether oxygens (including phenoxy) is 1. The summed E-state index contributed by atoms with van der Waals surface area (Å²) in [7, 11) is 1.44. The van der Waals surface area contributed by atoms with Crippen LogP contribution in [0.15, 0.2) is 12.1 Å². The van der Waals surface area contributed by atoms with Gasteiger partial charge in [-0.25, -0.2) is 4.39 Å². The molecule has 0 spiro atoms. The zero-order valence-electron chi connectivity index (χ0n) is 10.6. The number of aliphatic carboxylic acids is 1. The summed E-state index contributed by atoms with van der Waals surface area (Å²) in [5.74, 6) is -1.07. The van der Waals surface area contributed by atoms with Crippen LogP contribution in [-0.4, -0.2) is 18.2 Å². The number of hydrogen-bond donors (Lipinski definition) is 1. The van der Waals surface area contributed by atoms with Crippen LogP contribution in [0.5, 0.6) is 5.75 Å². The van der Waals surface area contributed by atoms with Crippen LogP contribution >= 0.6 is 0 Å². The maximum absolute atomic E-state index is 14.4. The van der Waals surface area contributed by atoms with E-state index in [1.54, 1.807) is 19.1 Å². The fraction of sp³-hybridized carbons (Fsp3) is 0.500. The number of carbonyl (C=O) groups is 1.